The largest absolute Gasteiger partial charge is 0.370 e. The molecular weight excluding hydrogens is 393 g/mol. The summed E-state index contributed by atoms with van der Waals surface area (Å²) < 4.78 is 2.21. The predicted octanol–water partition coefficient (Wildman–Crippen LogP) is 5.86. The van der Waals surface area contributed by atoms with E-state index in [4.69, 9.17) is 23.2 Å². The van der Waals surface area contributed by atoms with Gasteiger partial charge < -0.3 is 5.32 Å². The van der Waals surface area contributed by atoms with Crippen LogP contribution in [0.25, 0.3) is 22.3 Å². The summed E-state index contributed by atoms with van der Waals surface area (Å²) in [6.45, 7) is 2.80. The second kappa shape index (κ2) is 6.08. The van der Waals surface area contributed by atoms with Gasteiger partial charge >= 0.3 is 0 Å². The van der Waals surface area contributed by atoms with Gasteiger partial charge in [0.15, 0.2) is 5.82 Å². The molecule has 0 unspecified atom stereocenters. The molecule has 3 nitrogen and oxygen atoms in total. The van der Waals surface area contributed by atoms with Gasteiger partial charge in [-0.15, -0.1) is 11.3 Å². The van der Waals surface area contributed by atoms with Crippen molar-refractivity contribution in [3.8, 4) is 11.4 Å². The summed E-state index contributed by atoms with van der Waals surface area (Å²) >= 11 is 17.0. The third-order valence-corrected chi connectivity index (χ3v) is 4.88. The van der Waals surface area contributed by atoms with Gasteiger partial charge in [-0.1, -0.05) is 39.1 Å². The standard InChI is InChI=1S/C14H10BrCl2N3S/c1-2-18-13-8-5-7(15)3-4-10(8)19-14(20-13)9-6-11(16)21-12(9)17/h3-6H,2H2,1H3,(H,18,19,20). The molecule has 3 rings (SSSR count). The first kappa shape index (κ1) is 15.0. The van der Waals surface area contributed by atoms with Crippen LogP contribution < -0.4 is 5.32 Å². The fraction of sp³-hybridized carbons (Fsp3) is 0.143. The molecular formula is C14H10BrCl2N3S. The number of hydrogen-bond acceptors (Lipinski definition) is 4. The summed E-state index contributed by atoms with van der Waals surface area (Å²) in [6.07, 6.45) is 0. The minimum Gasteiger partial charge on any atom is -0.370 e. The van der Waals surface area contributed by atoms with Gasteiger partial charge in [0.2, 0.25) is 0 Å². The Bertz CT molecular complexity index is 819. The van der Waals surface area contributed by atoms with E-state index in [1.807, 2.05) is 25.1 Å². The maximum atomic E-state index is 6.21. The van der Waals surface area contributed by atoms with Crippen molar-refractivity contribution in [3.63, 3.8) is 0 Å². The van der Waals surface area contributed by atoms with Gasteiger partial charge in [0.25, 0.3) is 0 Å². The van der Waals surface area contributed by atoms with Crippen molar-refractivity contribution in [2.75, 3.05) is 11.9 Å². The van der Waals surface area contributed by atoms with Crippen LogP contribution in [0.1, 0.15) is 6.92 Å². The highest BCUT2D eigenvalue weighted by Gasteiger charge is 2.14. The molecule has 1 N–H and O–H groups in total. The zero-order chi connectivity index (χ0) is 15.0. The second-order valence-electron chi connectivity index (χ2n) is 4.33. The summed E-state index contributed by atoms with van der Waals surface area (Å²) in [5.41, 5.74) is 1.62. The Morgan fingerprint density at radius 2 is 2.05 bits per heavy atom. The summed E-state index contributed by atoms with van der Waals surface area (Å²) in [4.78, 5) is 9.19. The maximum Gasteiger partial charge on any atom is 0.164 e. The third-order valence-electron chi connectivity index (χ3n) is 2.90. The van der Waals surface area contributed by atoms with E-state index in [9.17, 15) is 0 Å². The number of nitrogens with one attached hydrogen (secondary N) is 1. The van der Waals surface area contributed by atoms with Crippen LogP contribution in [0.15, 0.2) is 28.7 Å². The second-order valence-corrected chi connectivity index (χ2v) is 7.53. The molecule has 0 aliphatic carbocycles. The van der Waals surface area contributed by atoms with Gasteiger partial charge in [-0.05, 0) is 31.2 Å². The van der Waals surface area contributed by atoms with Crippen molar-refractivity contribution in [1.82, 2.24) is 9.97 Å². The first-order valence-electron chi connectivity index (χ1n) is 6.25. The molecule has 0 saturated heterocycles. The molecule has 2 aromatic heterocycles. The van der Waals surface area contributed by atoms with Crippen molar-refractivity contribution in [2.45, 2.75) is 6.92 Å². The number of benzene rings is 1. The van der Waals surface area contributed by atoms with Crippen LogP contribution in [-0.4, -0.2) is 16.5 Å². The Morgan fingerprint density at radius 3 is 2.71 bits per heavy atom. The highest BCUT2D eigenvalue weighted by Crippen LogP contribution is 2.38. The van der Waals surface area contributed by atoms with Crippen LogP contribution in [0, 0.1) is 0 Å². The molecule has 2 heterocycles. The average molecular weight is 403 g/mol. The number of thiophene rings is 1. The van der Waals surface area contributed by atoms with Gasteiger partial charge in [0, 0.05) is 16.4 Å². The molecule has 0 aliphatic rings. The average Bonchev–Trinajstić information content (AvgIpc) is 2.78. The van der Waals surface area contributed by atoms with Gasteiger partial charge in [-0.2, -0.15) is 0 Å². The SMILES string of the molecule is CCNc1nc(-c2cc(Cl)sc2Cl)nc2ccc(Br)cc12. The van der Waals surface area contributed by atoms with Gasteiger partial charge in [0.05, 0.1) is 15.4 Å². The van der Waals surface area contributed by atoms with Crippen molar-refractivity contribution >= 4 is 67.2 Å². The van der Waals surface area contributed by atoms with Gasteiger partial charge in [0.1, 0.15) is 10.2 Å². The zero-order valence-electron chi connectivity index (χ0n) is 11.0. The zero-order valence-corrected chi connectivity index (χ0v) is 14.9. The Labute approximate surface area is 144 Å². The van der Waals surface area contributed by atoms with Crippen LogP contribution >= 0.6 is 50.5 Å². The van der Waals surface area contributed by atoms with Crippen LogP contribution in [0.5, 0.6) is 0 Å². The molecule has 0 radical (unpaired) electrons. The minimum atomic E-state index is 0.578. The number of halogens is 3. The Kier molecular flexibility index (Phi) is 4.36. The number of hydrogen-bond donors (Lipinski definition) is 1. The van der Waals surface area contributed by atoms with E-state index in [0.717, 1.165) is 33.3 Å². The molecule has 7 heteroatoms. The van der Waals surface area contributed by atoms with Crippen molar-refractivity contribution < 1.29 is 0 Å². The first-order valence-corrected chi connectivity index (χ1v) is 8.61. The summed E-state index contributed by atoms with van der Waals surface area (Å²) in [6, 6.07) is 7.70. The lowest BCUT2D eigenvalue weighted by Crippen LogP contribution is -2.02. The lowest BCUT2D eigenvalue weighted by molar-refractivity contribution is 1.15. The maximum absolute atomic E-state index is 6.21. The van der Waals surface area contributed by atoms with Crippen LogP contribution in [0.4, 0.5) is 5.82 Å². The molecule has 0 bridgehead atoms. The van der Waals surface area contributed by atoms with Crippen LogP contribution in [-0.2, 0) is 0 Å². The van der Waals surface area contributed by atoms with Crippen molar-refractivity contribution in [3.05, 3.63) is 37.4 Å². The number of aromatic nitrogens is 2. The van der Waals surface area contributed by atoms with E-state index in [1.165, 1.54) is 11.3 Å². The number of fused-ring (bicyclic) bond motifs is 1. The molecule has 108 valence electrons. The van der Waals surface area contributed by atoms with E-state index in [-0.39, 0.29) is 0 Å². The molecule has 0 fully saturated rings. The molecule has 0 atom stereocenters. The highest BCUT2D eigenvalue weighted by atomic mass is 79.9. The lowest BCUT2D eigenvalue weighted by atomic mass is 10.2. The summed E-state index contributed by atoms with van der Waals surface area (Å²) in [5, 5.41) is 4.23. The van der Waals surface area contributed by atoms with E-state index in [2.05, 4.69) is 31.2 Å². The quantitative estimate of drug-likeness (QED) is 0.596. The smallest absolute Gasteiger partial charge is 0.164 e. The molecule has 0 aliphatic heterocycles. The molecule has 0 amide bonds. The predicted molar refractivity (Wildman–Crippen MR) is 94.7 cm³/mol. The van der Waals surface area contributed by atoms with Gasteiger partial charge in [-0.25, -0.2) is 9.97 Å². The van der Waals surface area contributed by atoms with E-state index in [1.54, 1.807) is 6.07 Å². The van der Waals surface area contributed by atoms with E-state index < -0.39 is 0 Å². The molecule has 1 aromatic carbocycles. The molecule has 0 spiro atoms. The fourth-order valence-electron chi connectivity index (χ4n) is 2.02. The number of nitrogens with zero attached hydrogens (tertiary/aromatic N) is 2. The fourth-order valence-corrected chi connectivity index (χ4v) is 3.83. The van der Waals surface area contributed by atoms with Crippen LogP contribution in [0.2, 0.25) is 8.67 Å². The molecule has 21 heavy (non-hydrogen) atoms. The summed E-state index contributed by atoms with van der Waals surface area (Å²) in [7, 11) is 0. The Balaban J connectivity index is 2.25. The highest BCUT2D eigenvalue weighted by molar-refractivity contribution is 9.10. The minimum absolute atomic E-state index is 0.578. The topological polar surface area (TPSA) is 37.8 Å². The van der Waals surface area contributed by atoms with Crippen molar-refractivity contribution in [2.24, 2.45) is 0 Å². The van der Waals surface area contributed by atoms with Crippen LogP contribution in [0.3, 0.4) is 0 Å². The normalized spacial score (nSPS) is 11.0. The van der Waals surface area contributed by atoms with Crippen molar-refractivity contribution in [1.29, 1.82) is 0 Å². The monoisotopic (exact) mass is 401 g/mol. The Morgan fingerprint density at radius 1 is 1.24 bits per heavy atom. The summed E-state index contributed by atoms with van der Waals surface area (Å²) in [5.74, 6) is 1.37. The number of anilines is 1. The number of rotatable bonds is 3. The van der Waals surface area contributed by atoms with Gasteiger partial charge in [-0.3, -0.25) is 0 Å². The molecule has 0 saturated carbocycles. The first-order chi connectivity index (χ1) is 10.1. The van der Waals surface area contributed by atoms with E-state index >= 15 is 0 Å². The Hall–Kier alpha value is -0.880. The lowest BCUT2D eigenvalue weighted by Gasteiger charge is -2.09. The third kappa shape index (κ3) is 3.01. The van der Waals surface area contributed by atoms with E-state index in [0.29, 0.717) is 14.5 Å². The molecule has 3 aromatic rings.